The molecule has 1 aromatic rings. The number of anilines is 1. The monoisotopic (exact) mass is 247 g/mol. The van der Waals surface area contributed by atoms with Crippen LogP contribution in [0.2, 0.25) is 0 Å². The van der Waals surface area contributed by atoms with Gasteiger partial charge in [0.25, 0.3) is 0 Å². The third-order valence-corrected chi connectivity index (χ3v) is 5.34. The fourth-order valence-electron chi connectivity index (χ4n) is 3.66. The van der Waals surface area contributed by atoms with E-state index in [2.05, 4.69) is 35.8 Å². The second-order valence-corrected chi connectivity index (χ2v) is 6.36. The minimum Gasteiger partial charge on any atom is -0.384 e. The van der Waals surface area contributed by atoms with E-state index in [1.807, 2.05) is 11.8 Å². The first-order valence-corrected chi connectivity index (χ1v) is 7.96. The molecule has 17 heavy (non-hydrogen) atoms. The Morgan fingerprint density at radius 1 is 1.24 bits per heavy atom. The molecule has 0 radical (unpaired) electrons. The molecular formula is C15H21NS. The van der Waals surface area contributed by atoms with Crippen LogP contribution in [0.15, 0.2) is 29.2 Å². The standard InChI is InChI=1S/C15H21NS/c1-17-15-5-3-2-4-14(15)16-10-13-9-11-6-7-12(13)8-11/h2-5,11-13,16H,6-10H2,1H3. The largest absolute Gasteiger partial charge is 0.384 e. The van der Waals surface area contributed by atoms with Crippen molar-refractivity contribution in [1.82, 2.24) is 0 Å². The lowest BCUT2D eigenvalue weighted by atomic mass is 9.89. The summed E-state index contributed by atoms with van der Waals surface area (Å²) in [5.74, 6) is 3.01. The van der Waals surface area contributed by atoms with Gasteiger partial charge in [-0.25, -0.2) is 0 Å². The average Bonchev–Trinajstić information content (AvgIpc) is 2.98. The van der Waals surface area contributed by atoms with Crippen LogP contribution >= 0.6 is 11.8 Å². The molecule has 2 saturated carbocycles. The lowest BCUT2D eigenvalue weighted by Crippen LogP contribution is -2.20. The first-order chi connectivity index (χ1) is 8.36. The van der Waals surface area contributed by atoms with Crippen molar-refractivity contribution in [3.63, 3.8) is 0 Å². The fraction of sp³-hybridized carbons (Fsp3) is 0.600. The molecule has 2 bridgehead atoms. The minimum absolute atomic E-state index is 0.934. The van der Waals surface area contributed by atoms with Crippen LogP contribution in [0.3, 0.4) is 0 Å². The fourth-order valence-corrected chi connectivity index (χ4v) is 4.23. The van der Waals surface area contributed by atoms with Crippen LogP contribution < -0.4 is 5.32 Å². The highest BCUT2D eigenvalue weighted by molar-refractivity contribution is 7.98. The van der Waals surface area contributed by atoms with Crippen LogP contribution in [-0.4, -0.2) is 12.8 Å². The highest BCUT2D eigenvalue weighted by Gasteiger charge is 2.38. The molecule has 0 amide bonds. The molecule has 3 atom stereocenters. The summed E-state index contributed by atoms with van der Waals surface area (Å²) >= 11 is 1.83. The van der Waals surface area contributed by atoms with Crippen molar-refractivity contribution < 1.29 is 0 Å². The van der Waals surface area contributed by atoms with E-state index in [9.17, 15) is 0 Å². The Bertz CT molecular complexity index is 390. The molecule has 0 heterocycles. The Balaban J connectivity index is 1.60. The minimum atomic E-state index is 0.934. The molecule has 3 rings (SSSR count). The van der Waals surface area contributed by atoms with E-state index in [0.717, 1.165) is 17.8 Å². The maximum Gasteiger partial charge on any atom is 0.0478 e. The van der Waals surface area contributed by atoms with E-state index in [4.69, 9.17) is 0 Å². The van der Waals surface area contributed by atoms with Crippen LogP contribution in [0.4, 0.5) is 5.69 Å². The maximum atomic E-state index is 3.67. The van der Waals surface area contributed by atoms with Gasteiger partial charge in [-0.2, -0.15) is 0 Å². The maximum absolute atomic E-state index is 3.67. The second-order valence-electron chi connectivity index (χ2n) is 5.52. The number of nitrogens with one attached hydrogen (secondary N) is 1. The summed E-state index contributed by atoms with van der Waals surface area (Å²) in [6.45, 7) is 1.18. The molecule has 1 nitrogen and oxygen atoms in total. The smallest absolute Gasteiger partial charge is 0.0478 e. The molecule has 92 valence electrons. The molecule has 1 N–H and O–H groups in total. The van der Waals surface area contributed by atoms with E-state index < -0.39 is 0 Å². The van der Waals surface area contributed by atoms with Gasteiger partial charge < -0.3 is 5.32 Å². The Morgan fingerprint density at radius 3 is 2.82 bits per heavy atom. The van der Waals surface area contributed by atoms with Crippen molar-refractivity contribution in [2.24, 2.45) is 17.8 Å². The highest BCUT2D eigenvalue weighted by atomic mass is 32.2. The summed E-state index contributed by atoms with van der Waals surface area (Å²) in [5.41, 5.74) is 1.32. The van der Waals surface area contributed by atoms with Gasteiger partial charge in [-0.1, -0.05) is 18.6 Å². The number of para-hydroxylation sites is 1. The third kappa shape index (κ3) is 2.33. The quantitative estimate of drug-likeness (QED) is 0.798. The number of fused-ring (bicyclic) bond motifs is 2. The summed E-state index contributed by atoms with van der Waals surface area (Å²) in [7, 11) is 0. The molecule has 0 aromatic heterocycles. The molecule has 0 saturated heterocycles. The number of hydrogen-bond acceptors (Lipinski definition) is 2. The van der Waals surface area contributed by atoms with Crippen molar-refractivity contribution in [2.45, 2.75) is 30.6 Å². The summed E-state index contributed by atoms with van der Waals surface area (Å²) in [5, 5.41) is 3.67. The van der Waals surface area contributed by atoms with Gasteiger partial charge in [0.1, 0.15) is 0 Å². The molecule has 2 aliphatic rings. The first kappa shape index (κ1) is 11.5. The van der Waals surface area contributed by atoms with Crippen molar-refractivity contribution >= 4 is 17.4 Å². The van der Waals surface area contributed by atoms with Crippen molar-refractivity contribution in [3.05, 3.63) is 24.3 Å². The SMILES string of the molecule is CSc1ccccc1NCC1CC2CCC1C2. The first-order valence-electron chi connectivity index (χ1n) is 6.73. The topological polar surface area (TPSA) is 12.0 Å². The van der Waals surface area contributed by atoms with Gasteiger partial charge in [-0.3, -0.25) is 0 Å². The van der Waals surface area contributed by atoms with Crippen LogP contribution in [0, 0.1) is 17.8 Å². The molecule has 2 heteroatoms. The van der Waals surface area contributed by atoms with Gasteiger partial charge in [-0.05, 0) is 55.4 Å². The predicted molar refractivity (Wildman–Crippen MR) is 75.7 cm³/mol. The predicted octanol–water partition coefficient (Wildman–Crippen LogP) is 4.26. The number of hydrogen-bond donors (Lipinski definition) is 1. The zero-order chi connectivity index (χ0) is 11.7. The second kappa shape index (κ2) is 4.93. The van der Waals surface area contributed by atoms with E-state index in [1.54, 1.807) is 0 Å². The third-order valence-electron chi connectivity index (χ3n) is 4.55. The van der Waals surface area contributed by atoms with Gasteiger partial charge in [0.15, 0.2) is 0 Å². The van der Waals surface area contributed by atoms with Gasteiger partial charge in [0, 0.05) is 17.1 Å². The highest BCUT2D eigenvalue weighted by Crippen LogP contribution is 2.48. The van der Waals surface area contributed by atoms with E-state index in [-0.39, 0.29) is 0 Å². The Kier molecular flexibility index (Phi) is 3.32. The van der Waals surface area contributed by atoms with Crippen molar-refractivity contribution in [2.75, 3.05) is 18.1 Å². The summed E-state index contributed by atoms with van der Waals surface area (Å²) < 4.78 is 0. The number of thioether (sulfide) groups is 1. The Morgan fingerprint density at radius 2 is 2.12 bits per heavy atom. The molecule has 0 aliphatic heterocycles. The molecule has 3 unspecified atom stereocenters. The molecule has 2 fully saturated rings. The summed E-state index contributed by atoms with van der Waals surface area (Å²) in [4.78, 5) is 1.37. The van der Waals surface area contributed by atoms with Gasteiger partial charge >= 0.3 is 0 Å². The van der Waals surface area contributed by atoms with Crippen LogP contribution in [0.1, 0.15) is 25.7 Å². The van der Waals surface area contributed by atoms with Gasteiger partial charge in [-0.15, -0.1) is 11.8 Å². The van der Waals surface area contributed by atoms with Gasteiger partial charge in [0.2, 0.25) is 0 Å². The van der Waals surface area contributed by atoms with Crippen LogP contribution in [0.25, 0.3) is 0 Å². The van der Waals surface area contributed by atoms with Gasteiger partial charge in [0.05, 0.1) is 0 Å². The number of benzene rings is 1. The van der Waals surface area contributed by atoms with E-state index >= 15 is 0 Å². The normalized spacial score (nSPS) is 30.8. The lowest BCUT2D eigenvalue weighted by Gasteiger charge is -2.23. The van der Waals surface area contributed by atoms with E-state index in [1.165, 1.54) is 42.8 Å². The van der Waals surface area contributed by atoms with E-state index in [0.29, 0.717) is 0 Å². The summed E-state index contributed by atoms with van der Waals surface area (Å²) in [6.07, 6.45) is 8.12. The Labute approximate surface area is 108 Å². The molecule has 0 spiro atoms. The Hall–Kier alpha value is -0.630. The lowest BCUT2D eigenvalue weighted by molar-refractivity contribution is 0.348. The van der Waals surface area contributed by atoms with Crippen LogP contribution in [-0.2, 0) is 0 Å². The molecule has 1 aromatic carbocycles. The molecule has 2 aliphatic carbocycles. The zero-order valence-electron chi connectivity index (χ0n) is 10.5. The van der Waals surface area contributed by atoms with Crippen molar-refractivity contribution in [3.8, 4) is 0 Å². The molecular weight excluding hydrogens is 226 g/mol. The summed E-state index contributed by atoms with van der Waals surface area (Å²) in [6, 6.07) is 8.66. The number of rotatable bonds is 4. The van der Waals surface area contributed by atoms with Crippen LogP contribution in [0.5, 0.6) is 0 Å². The van der Waals surface area contributed by atoms with Crippen molar-refractivity contribution in [1.29, 1.82) is 0 Å². The average molecular weight is 247 g/mol. The zero-order valence-corrected chi connectivity index (χ0v) is 11.3.